The van der Waals surface area contributed by atoms with Crippen molar-refractivity contribution in [1.82, 2.24) is 10.6 Å². The Bertz CT molecular complexity index is 845. The normalized spacial score (nSPS) is 17.1. The fourth-order valence-electron chi connectivity index (χ4n) is 2.81. The molecular weight excluding hydrogens is 324 g/mol. The number of carbonyl (C=O) groups excluding carboxylic acids is 1. The molecule has 1 aliphatic heterocycles. The van der Waals surface area contributed by atoms with Gasteiger partial charge >= 0.3 is 0 Å². The first-order chi connectivity index (χ1) is 11.4. The Morgan fingerprint density at radius 2 is 1.79 bits per heavy atom. The number of hydrogen-bond acceptors (Lipinski definition) is 4. The minimum absolute atomic E-state index is 0.0447. The van der Waals surface area contributed by atoms with E-state index in [4.69, 9.17) is 0 Å². The lowest BCUT2D eigenvalue weighted by atomic mass is 9.95. The fraction of sp³-hybridized carbons (Fsp3) is 0.278. The summed E-state index contributed by atoms with van der Waals surface area (Å²) in [5.41, 5.74) is 3.30. The van der Waals surface area contributed by atoms with Gasteiger partial charge in [-0.1, -0.05) is 36.4 Å². The van der Waals surface area contributed by atoms with Crippen molar-refractivity contribution < 1.29 is 13.2 Å². The van der Waals surface area contributed by atoms with Crippen LogP contribution in [0.15, 0.2) is 53.4 Å². The molecule has 2 aromatic rings. The van der Waals surface area contributed by atoms with Crippen LogP contribution in [-0.2, 0) is 34.1 Å². The largest absolute Gasteiger partial charge is 0.351 e. The lowest BCUT2D eigenvalue weighted by molar-refractivity contribution is -0.123. The van der Waals surface area contributed by atoms with Crippen LogP contribution in [0, 0.1) is 0 Å². The molecule has 0 saturated carbocycles. The van der Waals surface area contributed by atoms with E-state index in [9.17, 15) is 13.2 Å². The third-order valence-corrected chi connectivity index (χ3v) is 5.34. The number of sulfone groups is 1. The molecule has 24 heavy (non-hydrogen) atoms. The van der Waals surface area contributed by atoms with Crippen molar-refractivity contribution in [2.75, 3.05) is 6.26 Å². The predicted molar refractivity (Wildman–Crippen MR) is 92.2 cm³/mol. The summed E-state index contributed by atoms with van der Waals surface area (Å²) in [5, 5.41) is 6.16. The molecule has 0 unspecified atom stereocenters. The first-order valence-electron chi connectivity index (χ1n) is 7.80. The standard InChI is InChI=1S/C18H20N2O3S/c1-24(22,23)16-8-6-13(7-9-16)11-20-18(21)17-10-14-4-2-3-5-15(14)12-19-17/h2-9,17,19H,10-12H2,1H3,(H,20,21)/t17-/m0/s1. The van der Waals surface area contributed by atoms with Gasteiger partial charge in [-0.15, -0.1) is 0 Å². The number of benzene rings is 2. The van der Waals surface area contributed by atoms with E-state index in [1.165, 1.54) is 17.4 Å². The highest BCUT2D eigenvalue weighted by Crippen LogP contribution is 2.16. The Morgan fingerprint density at radius 3 is 2.46 bits per heavy atom. The van der Waals surface area contributed by atoms with Gasteiger partial charge in [-0.05, 0) is 35.2 Å². The van der Waals surface area contributed by atoms with E-state index in [0.717, 1.165) is 5.56 Å². The van der Waals surface area contributed by atoms with Gasteiger partial charge in [-0.25, -0.2) is 8.42 Å². The van der Waals surface area contributed by atoms with Gasteiger partial charge in [0.2, 0.25) is 5.91 Å². The van der Waals surface area contributed by atoms with E-state index < -0.39 is 9.84 Å². The van der Waals surface area contributed by atoms with Gasteiger partial charge in [0.1, 0.15) is 0 Å². The summed E-state index contributed by atoms with van der Waals surface area (Å²) >= 11 is 0. The molecule has 0 radical (unpaired) electrons. The lowest BCUT2D eigenvalue weighted by Gasteiger charge is -2.25. The number of nitrogens with one attached hydrogen (secondary N) is 2. The minimum Gasteiger partial charge on any atom is -0.351 e. The molecule has 1 aliphatic rings. The second kappa shape index (κ2) is 6.75. The van der Waals surface area contributed by atoms with Gasteiger partial charge in [0.15, 0.2) is 9.84 Å². The average Bonchev–Trinajstić information content (AvgIpc) is 2.59. The van der Waals surface area contributed by atoms with Gasteiger partial charge in [-0.3, -0.25) is 4.79 Å². The van der Waals surface area contributed by atoms with E-state index in [0.29, 0.717) is 19.5 Å². The van der Waals surface area contributed by atoms with Crippen LogP contribution in [0.5, 0.6) is 0 Å². The predicted octanol–water partition coefficient (Wildman–Crippen LogP) is 1.42. The Labute approximate surface area is 142 Å². The van der Waals surface area contributed by atoms with Gasteiger partial charge in [0, 0.05) is 19.3 Å². The number of rotatable bonds is 4. The van der Waals surface area contributed by atoms with Crippen LogP contribution in [-0.4, -0.2) is 26.6 Å². The van der Waals surface area contributed by atoms with Gasteiger partial charge < -0.3 is 10.6 Å². The number of fused-ring (bicyclic) bond motifs is 1. The van der Waals surface area contributed by atoms with E-state index in [1.807, 2.05) is 12.1 Å². The van der Waals surface area contributed by atoms with E-state index in [-0.39, 0.29) is 16.8 Å². The second-order valence-electron chi connectivity index (χ2n) is 6.04. The molecule has 0 spiro atoms. The quantitative estimate of drug-likeness (QED) is 0.880. The molecule has 6 heteroatoms. The molecule has 0 saturated heterocycles. The van der Waals surface area contributed by atoms with Gasteiger partial charge in [0.05, 0.1) is 10.9 Å². The lowest BCUT2D eigenvalue weighted by Crippen LogP contribution is -2.47. The monoisotopic (exact) mass is 344 g/mol. The van der Waals surface area contributed by atoms with Crippen molar-refractivity contribution in [1.29, 1.82) is 0 Å². The third kappa shape index (κ3) is 3.83. The van der Waals surface area contributed by atoms with Crippen LogP contribution < -0.4 is 10.6 Å². The van der Waals surface area contributed by atoms with E-state index in [1.54, 1.807) is 24.3 Å². The molecule has 2 aromatic carbocycles. The molecular formula is C18H20N2O3S. The summed E-state index contributed by atoms with van der Waals surface area (Å²) in [6.07, 6.45) is 1.85. The van der Waals surface area contributed by atoms with Crippen molar-refractivity contribution in [2.24, 2.45) is 0 Å². The highest BCUT2D eigenvalue weighted by molar-refractivity contribution is 7.90. The summed E-state index contributed by atoms with van der Waals surface area (Å²) in [6.45, 7) is 1.07. The van der Waals surface area contributed by atoms with E-state index >= 15 is 0 Å². The zero-order chi connectivity index (χ0) is 17.2. The topological polar surface area (TPSA) is 75.3 Å². The van der Waals surface area contributed by atoms with E-state index in [2.05, 4.69) is 22.8 Å². The summed E-state index contributed by atoms with van der Waals surface area (Å²) in [5.74, 6) is -0.0447. The molecule has 0 aromatic heterocycles. The van der Waals surface area contributed by atoms with Crippen LogP contribution >= 0.6 is 0 Å². The zero-order valence-electron chi connectivity index (χ0n) is 13.5. The molecule has 0 bridgehead atoms. The van der Waals surface area contributed by atoms with Crippen LogP contribution in [0.4, 0.5) is 0 Å². The number of amides is 1. The molecule has 126 valence electrons. The maximum Gasteiger partial charge on any atom is 0.237 e. The fourth-order valence-corrected chi connectivity index (χ4v) is 3.44. The molecule has 1 amide bonds. The summed E-state index contributed by atoms with van der Waals surface area (Å²) in [7, 11) is -3.19. The number of hydrogen-bond donors (Lipinski definition) is 2. The second-order valence-corrected chi connectivity index (χ2v) is 8.06. The van der Waals surface area contributed by atoms with Crippen molar-refractivity contribution >= 4 is 15.7 Å². The average molecular weight is 344 g/mol. The highest BCUT2D eigenvalue weighted by atomic mass is 32.2. The van der Waals surface area contributed by atoms with Gasteiger partial charge in [0.25, 0.3) is 0 Å². The smallest absolute Gasteiger partial charge is 0.237 e. The first kappa shape index (κ1) is 16.7. The Morgan fingerprint density at radius 1 is 1.12 bits per heavy atom. The maximum atomic E-state index is 12.3. The number of carbonyl (C=O) groups is 1. The van der Waals surface area contributed by atoms with Crippen molar-refractivity contribution in [2.45, 2.75) is 30.4 Å². The SMILES string of the molecule is CS(=O)(=O)c1ccc(CNC(=O)[C@@H]2Cc3ccccc3CN2)cc1. The summed E-state index contributed by atoms with van der Waals surface area (Å²) in [6, 6.07) is 14.4. The highest BCUT2D eigenvalue weighted by Gasteiger charge is 2.23. The molecule has 2 N–H and O–H groups in total. The van der Waals surface area contributed by atoms with Gasteiger partial charge in [-0.2, -0.15) is 0 Å². The van der Waals surface area contributed by atoms with Crippen molar-refractivity contribution in [3.8, 4) is 0 Å². The summed E-state index contributed by atoms with van der Waals surface area (Å²) < 4.78 is 22.9. The molecule has 5 nitrogen and oxygen atoms in total. The zero-order valence-corrected chi connectivity index (χ0v) is 14.3. The van der Waals surface area contributed by atoms with Crippen LogP contribution in [0.2, 0.25) is 0 Å². The van der Waals surface area contributed by atoms with Crippen molar-refractivity contribution in [3.05, 3.63) is 65.2 Å². The van der Waals surface area contributed by atoms with Crippen LogP contribution in [0.25, 0.3) is 0 Å². The molecule has 3 rings (SSSR count). The summed E-state index contributed by atoms with van der Waals surface area (Å²) in [4.78, 5) is 12.6. The molecule has 1 atom stereocenters. The maximum absolute atomic E-state index is 12.3. The Balaban J connectivity index is 1.58. The Kier molecular flexibility index (Phi) is 4.69. The minimum atomic E-state index is -3.19. The van der Waals surface area contributed by atoms with Crippen LogP contribution in [0.1, 0.15) is 16.7 Å². The van der Waals surface area contributed by atoms with Crippen LogP contribution in [0.3, 0.4) is 0 Å². The first-order valence-corrected chi connectivity index (χ1v) is 9.69. The molecule has 1 heterocycles. The van der Waals surface area contributed by atoms with Crippen molar-refractivity contribution in [3.63, 3.8) is 0 Å². The molecule has 0 aliphatic carbocycles. The Hall–Kier alpha value is -2.18. The molecule has 0 fully saturated rings. The third-order valence-electron chi connectivity index (χ3n) is 4.22.